The van der Waals surface area contributed by atoms with Gasteiger partial charge in [0.2, 0.25) is 0 Å². The molecule has 0 unspecified atom stereocenters. The molecule has 1 aromatic heterocycles. The first-order valence-electron chi connectivity index (χ1n) is 3.75. The molecular formula is C9H6N4. The van der Waals surface area contributed by atoms with E-state index in [2.05, 4.69) is 16.2 Å². The Labute approximate surface area is 75.1 Å². The maximum absolute atomic E-state index is 8.57. The molecule has 0 atom stereocenters. The van der Waals surface area contributed by atoms with E-state index in [1.54, 1.807) is 23.1 Å². The van der Waals surface area contributed by atoms with Crippen molar-refractivity contribution in [3.05, 3.63) is 42.5 Å². The summed E-state index contributed by atoms with van der Waals surface area (Å²) in [4.78, 5) is 3.83. The summed E-state index contributed by atoms with van der Waals surface area (Å²) in [7, 11) is 0. The minimum absolute atomic E-state index is 0.642. The van der Waals surface area contributed by atoms with Gasteiger partial charge in [0.05, 0.1) is 17.3 Å². The van der Waals surface area contributed by atoms with Gasteiger partial charge in [0, 0.05) is 0 Å². The maximum atomic E-state index is 8.57. The van der Waals surface area contributed by atoms with Crippen LogP contribution in [0.25, 0.3) is 5.69 Å². The van der Waals surface area contributed by atoms with Crippen molar-refractivity contribution >= 4 is 0 Å². The molecule has 62 valence electrons. The lowest BCUT2D eigenvalue weighted by Crippen LogP contribution is -1.93. The van der Waals surface area contributed by atoms with Gasteiger partial charge in [-0.15, -0.1) is 0 Å². The van der Waals surface area contributed by atoms with Gasteiger partial charge in [0.15, 0.2) is 0 Å². The quantitative estimate of drug-likeness (QED) is 0.644. The van der Waals surface area contributed by atoms with Crippen LogP contribution in [-0.2, 0) is 0 Å². The van der Waals surface area contributed by atoms with Gasteiger partial charge < -0.3 is 0 Å². The number of rotatable bonds is 1. The van der Waals surface area contributed by atoms with E-state index in [1.165, 1.54) is 6.33 Å². The average Bonchev–Trinajstić information content (AvgIpc) is 2.71. The molecule has 1 heterocycles. The summed E-state index contributed by atoms with van der Waals surface area (Å²) in [6.45, 7) is 0. The van der Waals surface area contributed by atoms with Crippen molar-refractivity contribution in [1.82, 2.24) is 14.8 Å². The molecule has 0 bridgehead atoms. The summed E-state index contributed by atoms with van der Waals surface area (Å²) in [5, 5.41) is 12.5. The Bertz CT molecular complexity index is 422. The lowest BCUT2D eigenvalue weighted by atomic mass is 10.2. The highest BCUT2D eigenvalue weighted by Gasteiger charge is 1.95. The molecule has 0 spiro atoms. The molecule has 0 radical (unpaired) electrons. The number of nitriles is 1. The van der Waals surface area contributed by atoms with E-state index in [4.69, 9.17) is 5.26 Å². The molecule has 0 saturated carbocycles. The van der Waals surface area contributed by atoms with E-state index in [9.17, 15) is 0 Å². The first kappa shape index (κ1) is 7.50. The lowest BCUT2D eigenvalue weighted by Gasteiger charge is -1.98. The summed E-state index contributed by atoms with van der Waals surface area (Å²) in [5.74, 6) is 0. The second-order valence-electron chi connectivity index (χ2n) is 2.50. The van der Waals surface area contributed by atoms with Crippen LogP contribution in [0.2, 0.25) is 0 Å². The zero-order valence-corrected chi connectivity index (χ0v) is 6.75. The van der Waals surface area contributed by atoms with Crippen LogP contribution in [0.3, 0.4) is 0 Å². The topological polar surface area (TPSA) is 54.5 Å². The van der Waals surface area contributed by atoms with Gasteiger partial charge in [-0.25, -0.2) is 9.67 Å². The Morgan fingerprint density at radius 1 is 1.23 bits per heavy atom. The molecule has 0 aliphatic heterocycles. The van der Waals surface area contributed by atoms with E-state index in [1.807, 2.05) is 12.1 Å². The third kappa shape index (κ3) is 1.40. The van der Waals surface area contributed by atoms with Crippen LogP contribution in [-0.4, -0.2) is 14.8 Å². The number of nitrogens with zero attached hydrogens (tertiary/aromatic N) is 4. The summed E-state index contributed by atoms with van der Waals surface area (Å²) < 4.78 is 1.64. The van der Waals surface area contributed by atoms with Gasteiger partial charge >= 0.3 is 0 Å². The van der Waals surface area contributed by atoms with Gasteiger partial charge in [-0.1, -0.05) is 0 Å². The van der Waals surface area contributed by atoms with E-state index in [-0.39, 0.29) is 0 Å². The van der Waals surface area contributed by atoms with Crippen LogP contribution in [0.4, 0.5) is 0 Å². The number of aromatic nitrogens is 3. The van der Waals surface area contributed by atoms with Crippen molar-refractivity contribution in [3.8, 4) is 11.8 Å². The zero-order valence-electron chi connectivity index (χ0n) is 6.75. The Hall–Kier alpha value is -2.15. The molecule has 4 heteroatoms. The molecule has 0 N–H and O–H groups in total. The fourth-order valence-corrected chi connectivity index (χ4v) is 1.03. The number of hydrogen-bond donors (Lipinski definition) is 0. The standard InChI is InChI=1S/C9H6N4/c10-5-8-1-3-9(4-2-8)13-7-11-6-12-13/h1-4,6-7H. The third-order valence-corrected chi connectivity index (χ3v) is 1.68. The van der Waals surface area contributed by atoms with Crippen LogP contribution in [0.15, 0.2) is 36.9 Å². The second kappa shape index (κ2) is 3.07. The highest BCUT2D eigenvalue weighted by molar-refractivity contribution is 5.38. The normalized spacial score (nSPS) is 9.46. The van der Waals surface area contributed by atoms with Crippen molar-refractivity contribution in [2.24, 2.45) is 0 Å². The molecule has 2 rings (SSSR count). The Morgan fingerprint density at radius 3 is 2.54 bits per heavy atom. The number of hydrogen-bond acceptors (Lipinski definition) is 3. The van der Waals surface area contributed by atoms with Gasteiger partial charge in [-0.2, -0.15) is 10.4 Å². The monoisotopic (exact) mass is 170 g/mol. The van der Waals surface area contributed by atoms with Crippen molar-refractivity contribution in [1.29, 1.82) is 5.26 Å². The van der Waals surface area contributed by atoms with Crippen LogP contribution >= 0.6 is 0 Å². The first-order chi connectivity index (χ1) is 6.40. The predicted molar refractivity (Wildman–Crippen MR) is 46.1 cm³/mol. The average molecular weight is 170 g/mol. The fourth-order valence-electron chi connectivity index (χ4n) is 1.03. The van der Waals surface area contributed by atoms with E-state index < -0.39 is 0 Å². The Balaban J connectivity index is 2.40. The first-order valence-corrected chi connectivity index (χ1v) is 3.75. The molecular weight excluding hydrogens is 164 g/mol. The molecule has 1 aromatic carbocycles. The van der Waals surface area contributed by atoms with Crippen molar-refractivity contribution in [2.45, 2.75) is 0 Å². The summed E-state index contributed by atoms with van der Waals surface area (Å²) in [6, 6.07) is 9.20. The van der Waals surface area contributed by atoms with Gasteiger partial charge in [-0.05, 0) is 24.3 Å². The number of benzene rings is 1. The maximum Gasteiger partial charge on any atom is 0.138 e. The summed E-state index contributed by atoms with van der Waals surface area (Å²) in [5.41, 5.74) is 1.54. The second-order valence-corrected chi connectivity index (χ2v) is 2.50. The summed E-state index contributed by atoms with van der Waals surface area (Å²) >= 11 is 0. The molecule has 0 aliphatic rings. The molecule has 0 aliphatic carbocycles. The van der Waals surface area contributed by atoms with Crippen LogP contribution in [0, 0.1) is 11.3 Å². The van der Waals surface area contributed by atoms with Gasteiger partial charge in [0.1, 0.15) is 12.7 Å². The van der Waals surface area contributed by atoms with E-state index >= 15 is 0 Å². The van der Waals surface area contributed by atoms with Gasteiger partial charge in [-0.3, -0.25) is 0 Å². The molecule has 0 fully saturated rings. The molecule has 2 aromatic rings. The largest absolute Gasteiger partial charge is 0.223 e. The Morgan fingerprint density at radius 2 is 2.00 bits per heavy atom. The Kier molecular flexibility index (Phi) is 1.77. The van der Waals surface area contributed by atoms with Crippen molar-refractivity contribution < 1.29 is 0 Å². The predicted octanol–water partition coefficient (Wildman–Crippen LogP) is 1.14. The zero-order chi connectivity index (χ0) is 9.10. The van der Waals surface area contributed by atoms with Gasteiger partial charge in [0.25, 0.3) is 0 Å². The molecule has 0 saturated heterocycles. The smallest absolute Gasteiger partial charge is 0.138 e. The third-order valence-electron chi connectivity index (χ3n) is 1.68. The van der Waals surface area contributed by atoms with Crippen molar-refractivity contribution in [2.75, 3.05) is 0 Å². The lowest BCUT2D eigenvalue weighted by molar-refractivity contribution is 0.879. The fraction of sp³-hybridized carbons (Fsp3) is 0. The molecule has 4 nitrogen and oxygen atoms in total. The van der Waals surface area contributed by atoms with Crippen LogP contribution in [0.1, 0.15) is 5.56 Å². The minimum Gasteiger partial charge on any atom is -0.223 e. The van der Waals surface area contributed by atoms with E-state index in [0.29, 0.717) is 5.56 Å². The highest BCUT2D eigenvalue weighted by Crippen LogP contribution is 2.06. The minimum atomic E-state index is 0.642. The summed E-state index contributed by atoms with van der Waals surface area (Å²) in [6.07, 6.45) is 3.08. The molecule has 13 heavy (non-hydrogen) atoms. The van der Waals surface area contributed by atoms with Crippen LogP contribution in [0.5, 0.6) is 0 Å². The molecule has 0 amide bonds. The highest BCUT2D eigenvalue weighted by atomic mass is 15.3. The van der Waals surface area contributed by atoms with E-state index in [0.717, 1.165) is 5.69 Å². The SMILES string of the molecule is N#Cc1ccc(-n2cncn2)cc1. The van der Waals surface area contributed by atoms with Crippen molar-refractivity contribution in [3.63, 3.8) is 0 Å². The van der Waals surface area contributed by atoms with Crippen LogP contribution < -0.4 is 0 Å².